The van der Waals surface area contributed by atoms with Crippen LogP contribution >= 0.6 is 0 Å². The van der Waals surface area contributed by atoms with Gasteiger partial charge in [-0.25, -0.2) is 18.9 Å². The van der Waals surface area contributed by atoms with E-state index in [2.05, 4.69) is 15.3 Å². The van der Waals surface area contributed by atoms with Crippen molar-refractivity contribution in [2.75, 3.05) is 6.61 Å². The van der Waals surface area contributed by atoms with Crippen LogP contribution in [-0.4, -0.2) is 32.6 Å². The van der Waals surface area contributed by atoms with Crippen molar-refractivity contribution >= 4 is 5.97 Å². The minimum absolute atomic E-state index is 0.0452. The Morgan fingerprint density at radius 3 is 2.58 bits per heavy atom. The van der Waals surface area contributed by atoms with Crippen LogP contribution in [0.15, 0.2) is 46.9 Å². The van der Waals surface area contributed by atoms with Crippen LogP contribution in [0.2, 0.25) is 0 Å². The number of nitrogens with zero attached hydrogens (tertiary/aromatic N) is 4. The first kappa shape index (κ1) is 22.2. The summed E-state index contributed by atoms with van der Waals surface area (Å²) in [6, 6.07) is 12.1. The number of hydrogen-bond acceptors (Lipinski definition) is 7. The first-order valence-electron chi connectivity index (χ1n) is 10.4. The van der Waals surface area contributed by atoms with Crippen LogP contribution in [0, 0.1) is 26.6 Å². The van der Waals surface area contributed by atoms with Crippen LogP contribution in [0.4, 0.5) is 4.39 Å². The van der Waals surface area contributed by atoms with Gasteiger partial charge in [-0.1, -0.05) is 11.3 Å². The van der Waals surface area contributed by atoms with Crippen molar-refractivity contribution in [2.24, 2.45) is 0 Å². The highest BCUT2D eigenvalue weighted by Gasteiger charge is 2.21. The van der Waals surface area contributed by atoms with E-state index in [-0.39, 0.29) is 18.1 Å². The molecule has 33 heavy (non-hydrogen) atoms. The number of rotatable bonds is 7. The van der Waals surface area contributed by atoms with Crippen molar-refractivity contribution in [1.29, 1.82) is 0 Å². The first-order valence-corrected chi connectivity index (χ1v) is 10.4. The summed E-state index contributed by atoms with van der Waals surface area (Å²) in [5.41, 5.74) is 2.75. The SMILES string of the molecule is CCOc1ccc(-c2nc(COC(=O)c3nnn(-c4ccc(C)c(F)c4)c3C)c(C)o2)cc1. The Morgan fingerprint density at radius 2 is 1.88 bits per heavy atom. The quantitative estimate of drug-likeness (QED) is 0.376. The van der Waals surface area contributed by atoms with Crippen LogP contribution in [0.3, 0.4) is 0 Å². The van der Waals surface area contributed by atoms with Gasteiger partial charge in [-0.2, -0.15) is 0 Å². The van der Waals surface area contributed by atoms with Crippen molar-refractivity contribution in [1.82, 2.24) is 20.0 Å². The molecule has 2 heterocycles. The van der Waals surface area contributed by atoms with Gasteiger partial charge >= 0.3 is 5.97 Å². The molecule has 0 aliphatic heterocycles. The summed E-state index contributed by atoms with van der Waals surface area (Å²) in [5.74, 6) is 0.704. The third kappa shape index (κ3) is 4.62. The minimum Gasteiger partial charge on any atom is -0.494 e. The van der Waals surface area contributed by atoms with Crippen LogP contribution in [0.5, 0.6) is 5.75 Å². The molecule has 0 aliphatic carbocycles. The molecule has 4 rings (SSSR count). The molecule has 2 aromatic heterocycles. The predicted octanol–water partition coefficient (Wildman–Crippen LogP) is 4.74. The summed E-state index contributed by atoms with van der Waals surface area (Å²) >= 11 is 0. The third-order valence-corrected chi connectivity index (χ3v) is 5.13. The van der Waals surface area contributed by atoms with Crippen molar-refractivity contribution in [3.05, 3.63) is 76.7 Å². The second-order valence-electron chi connectivity index (χ2n) is 7.42. The number of ether oxygens (including phenoxy) is 2. The molecule has 0 radical (unpaired) electrons. The smallest absolute Gasteiger partial charge is 0.361 e. The number of carbonyl (C=O) groups is 1. The highest BCUT2D eigenvalue weighted by Crippen LogP contribution is 2.25. The van der Waals surface area contributed by atoms with E-state index in [1.807, 2.05) is 31.2 Å². The number of aryl methyl sites for hydroxylation is 2. The lowest BCUT2D eigenvalue weighted by Crippen LogP contribution is -2.09. The van der Waals surface area contributed by atoms with Crippen molar-refractivity contribution in [3.8, 4) is 22.9 Å². The fraction of sp³-hybridized carbons (Fsp3) is 0.250. The average Bonchev–Trinajstić information content (AvgIpc) is 3.37. The molecule has 0 saturated heterocycles. The lowest BCUT2D eigenvalue weighted by atomic mass is 10.2. The normalized spacial score (nSPS) is 10.9. The maximum Gasteiger partial charge on any atom is 0.361 e. The molecule has 0 aliphatic rings. The van der Waals surface area contributed by atoms with E-state index in [0.717, 1.165) is 11.3 Å². The molecule has 0 N–H and O–H groups in total. The second-order valence-corrected chi connectivity index (χ2v) is 7.42. The zero-order valence-corrected chi connectivity index (χ0v) is 18.8. The Labute approximate surface area is 190 Å². The Morgan fingerprint density at radius 1 is 1.12 bits per heavy atom. The lowest BCUT2D eigenvalue weighted by Gasteiger charge is -2.05. The van der Waals surface area contributed by atoms with Gasteiger partial charge in [0.15, 0.2) is 5.69 Å². The van der Waals surface area contributed by atoms with Crippen molar-refractivity contribution < 1.29 is 23.1 Å². The first-order chi connectivity index (χ1) is 15.9. The largest absolute Gasteiger partial charge is 0.494 e. The fourth-order valence-corrected chi connectivity index (χ4v) is 3.22. The molecule has 0 spiro atoms. The molecular weight excluding hydrogens is 427 g/mol. The van der Waals surface area contributed by atoms with E-state index in [0.29, 0.717) is 40.9 Å². The molecule has 0 atom stereocenters. The van der Waals surface area contributed by atoms with E-state index in [4.69, 9.17) is 13.9 Å². The van der Waals surface area contributed by atoms with Crippen LogP contribution in [-0.2, 0) is 11.3 Å². The van der Waals surface area contributed by atoms with Crippen molar-refractivity contribution in [3.63, 3.8) is 0 Å². The standard InChI is InChI=1S/C24H23FN4O4/c1-5-31-19-10-7-17(8-11-19)23-26-21(16(4)33-23)13-32-24(30)22-15(3)29(28-27-22)18-9-6-14(2)20(25)12-18/h6-12H,5,13H2,1-4H3. The number of halogens is 1. The Kier molecular flexibility index (Phi) is 6.21. The van der Waals surface area contributed by atoms with Gasteiger partial charge in [0.05, 0.1) is 18.0 Å². The van der Waals surface area contributed by atoms with Gasteiger partial charge in [-0.15, -0.1) is 5.10 Å². The summed E-state index contributed by atoms with van der Waals surface area (Å²) in [6.07, 6.45) is 0. The molecule has 9 heteroatoms. The number of oxazole rings is 1. The van der Waals surface area contributed by atoms with Gasteiger partial charge in [-0.05, 0) is 69.7 Å². The molecule has 0 fully saturated rings. The number of carbonyl (C=O) groups excluding carboxylic acids is 1. The van der Waals surface area contributed by atoms with Gasteiger partial charge < -0.3 is 13.9 Å². The third-order valence-electron chi connectivity index (χ3n) is 5.13. The van der Waals surface area contributed by atoms with Gasteiger partial charge in [-0.3, -0.25) is 0 Å². The molecular formula is C24H23FN4O4. The van der Waals surface area contributed by atoms with Crippen LogP contribution in [0.25, 0.3) is 17.1 Å². The fourth-order valence-electron chi connectivity index (χ4n) is 3.22. The monoisotopic (exact) mass is 450 g/mol. The Balaban J connectivity index is 1.46. The highest BCUT2D eigenvalue weighted by atomic mass is 19.1. The van der Waals surface area contributed by atoms with Gasteiger partial charge in [0, 0.05) is 5.56 Å². The number of benzene rings is 2. The maximum atomic E-state index is 13.9. The zero-order valence-electron chi connectivity index (χ0n) is 18.8. The number of hydrogen-bond donors (Lipinski definition) is 0. The van der Waals surface area contributed by atoms with Gasteiger partial charge in [0.1, 0.15) is 29.6 Å². The summed E-state index contributed by atoms with van der Waals surface area (Å²) in [4.78, 5) is 17.1. The van der Waals surface area contributed by atoms with Crippen molar-refractivity contribution in [2.45, 2.75) is 34.3 Å². The summed E-state index contributed by atoms with van der Waals surface area (Å²) < 4.78 is 31.9. The summed E-state index contributed by atoms with van der Waals surface area (Å²) in [5, 5.41) is 7.88. The summed E-state index contributed by atoms with van der Waals surface area (Å²) in [7, 11) is 0. The van der Waals surface area contributed by atoms with E-state index in [9.17, 15) is 9.18 Å². The summed E-state index contributed by atoms with van der Waals surface area (Å²) in [6.45, 7) is 7.51. The molecule has 0 saturated carbocycles. The molecule has 0 amide bonds. The maximum absolute atomic E-state index is 13.9. The molecule has 0 unspecified atom stereocenters. The molecule has 4 aromatic rings. The molecule has 2 aromatic carbocycles. The predicted molar refractivity (Wildman–Crippen MR) is 118 cm³/mol. The Hall–Kier alpha value is -4.01. The lowest BCUT2D eigenvalue weighted by molar-refractivity contribution is 0.0459. The number of esters is 1. The topological polar surface area (TPSA) is 92.3 Å². The molecule has 8 nitrogen and oxygen atoms in total. The van der Waals surface area contributed by atoms with Crippen LogP contribution in [0.1, 0.15) is 40.1 Å². The average molecular weight is 450 g/mol. The van der Waals surface area contributed by atoms with E-state index in [1.165, 1.54) is 10.7 Å². The number of aromatic nitrogens is 4. The Bertz CT molecular complexity index is 1290. The highest BCUT2D eigenvalue weighted by molar-refractivity contribution is 5.88. The van der Waals surface area contributed by atoms with Crippen LogP contribution < -0.4 is 4.74 Å². The molecule has 170 valence electrons. The van der Waals surface area contributed by atoms with E-state index in [1.54, 1.807) is 32.9 Å². The van der Waals surface area contributed by atoms with Gasteiger partial charge in [0.2, 0.25) is 5.89 Å². The molecule has 0 bridgehead atoms. The van der Waals surface area contributed by atoms with E-state index >= 15 is 0 Å². The van der Waals surface area contributed by atoms with E-state index < -0.39 is 5.97 Å². The van der Waals surface area contributed by atoms with Gasteiger partial charge in [0.25, 0.3) is 0 Å². The minimum atomic E-state index is -0.656. The zero-order chi connectivity index (χ0) is 23.5. The second kappa shape index (κ2) is 9.23.